The van der Waals surface area contributed by atoms with E-state index in [9.17, 15) is 13.6 Å². The predicted molar refractivity (Wildman–Crippen MR) is 93.7 cm³/mol. The Morgan fingerprint density at radius 3 is 2.12 bits per heavy atom. The number of alkyl halides is 2. The van der Waals surface area contributed by atoms with Gasteiger partial charge in [-0.2, -0.15) is 8.78 Å². The van der Waals surface area contributed by atoms with Gasteiger partial charge in [-0.3, -0.25) is 4.79 Å². The van der Waals surface area contributed by atoms with Crippen LogP contribution < -0.4 is 4.74 Å². The Balaban J connectivity index is 1.82. The summed E-state index contributed by atoms with van der Waals surface area (Å²) in [5.41, 5.74) is 3.29. The monoisotopic (exact) mass is 347 g/mol. The van der Waals surface area contributed by atoms with Gasteiger partial charge in [-0.05, 0) is 41.7 Å². The molecular weight excluding hydrogens is 324 g/mol. The number of carbonyl (C=O) groups excluding carboxylic acids is 1. The Kier molecular flexibility index (Phi) is 6.92. The fraction of sp³-hybridized carbons (Fsp3) is 0.350. The lowest BCUT2D eigenvalue weighted by molar-refractivity contribution is -0.130. The van der Waals surface area contributed by atoms with Crippen molar-refractivity contribution in [3.8, 4) is 5.75 Å². The molecule has 0 heterocycles. The molecule has 3 nitrogen and oxygen atoms in total. The molecular formula is C20H23F2NO2. The van der Waals surface area contributed by atoms with E-state index in [1.54, 1.807) is 24.1 Å². The second-order valence-corrected chi connectivity index (χ2v) is 5.94. The average molecular weight is 347 g/mol. The van der Waals surface area contributed by atoms with Crippen molar-refractivity contribution in [1.29, 1.82) is 0 Å². The molecule has 25 heavy (non-hydrogen) atoms. The van der Waals surface area contributed by atoms with Crippen LogP contribution in [-0.4, -0.2) is 24.5 Å². The van der Waals surface area contributed by atoms with E-state index < -0.39 is 6.61 Å². The van der Waals surface area contributed by atoms with Crippen molar-refractivity contribution in [3.05, 3.63) is 65.2 Å². The molecule has 0 unspecified atom stereocenters. The molecule has 0 saturated heterocycles. The zero-order valence-corrected chi connectivity index (χ0v) is 14.5. The van der Waals surface area contributed by atoms with Gasteiger partial charge in [0.1, 0.15) is 5.75 Å². The van der Waals surface area contributed by atoms with Crippen molar-refractivity contribution in [2.24, 2.45) is 0 Å². The number of nitrogens with zero attached hydrogens (tertiary/aromatic N) is 1. The zero-order chi connectivity index (χ0) is 18.2. The van der Waals surface area contributed by atoms with Crippen LogP contribution in [0.3, 0.4) is 0 Å². The number of aryl methyl sites for hydroxylation is 2. The molecule has 0 bridgehead atoms. The minimum Gasteiger partial charge on any atom is -0.435 e. The van der Waals surface area contributed by atoms with E-state index in [4.69, 9.17) is 0 Å². The van der Waals surface area contributed by atoms with Crippen molar-refractivity contribution in [1.82, 2.24) is 4.90 Å². The molecule has 2 rings (SSSR count). The Labute approximate surface area is 147 Å². The second-order valence-electron chi connectivity index (χ2n) is 5.94. The first kappa shape index (κ1) is 18.9. The molecule has 0 aliphatic heterocycles. The molecule has 2 aromatic rings. The second kappa shape index (κ2) is 9.16. The maximum Gasteiger partial charge on any atom is 0.387 e. The van der Waals surface area contributed by atoms with E-state index in [2.05, 4.69) is 23.8 Å². The van der Waals surface area contributed by atoms with Crippen LogP contribution in [0.5, 0.6) is 5.75 Å². The molecule has 0 fully saturated rings. The molecule has 0 aromatic heterocycles. The summed E-state index contributed by atoms with van der Waals surface area (Å²) >= 11 is 0. The topological polar surface area (TPSA) is 29.5 Å². The molecule has 0 N–H and O–H groups in total. The van der Waals surface area contributed by atoms with Gasteiger partial charge in [-0.15, -0.1) is 0 Å². The summed E-state index contributed by atoms with van der Waals surface area (Å²) in [7, 11) is 1.79. The lowest BCUT2D eigenvalue weighted by Crippen LogP contribution is -2.26. The summed E-state index contributed by atoms with van der Waals surface area (Å²) < 4.78 is 28.5. The molecule has 0 aliphatic carbocycles. The highest BCUT2D eigenvalue weighted by Crippen LogP contribution is 2.16. The predicted octanol–water partition coefficient (Wildman–Crippen LogP) is 4.44. The van der Waals surface area contributed by atoms with E-state index in [-0.39, 0.29) is 11.7 Å². The van der Waals surface area contributed by atoms with Crippen LogP contribution in [-0.2, 0) is 24.2 Å². The van der Waals surface area contributed by atoms with Gasteiger partial charge in [0.2, 0.25) is 5.91 Å². The van der Waals surface area contributed by atoms with Gasteiger partial charge in [0, 0.05) is 20.0 Å². The summed E-state index contributed by atoms with van der Waals surface area (Å²) in [4.78, 5) is 14.0. The van der Waals surface area contributed by atoms with Gasteiger partial charge < -0.3 is 9.64 Å². The molecule has 1 amide bonds. The van der Waals surface area contributed by atoms with Crippen molar-refractivity contribution in [2.45, 2.75) is 39.3 Å². The molecule has 0 spiro atoms. The largest absolute Gasteiger partial charge is 0.435 e. The van der Waals surface area contributed by atoms with Crippen LogP contribution in [0.25, 0.3) is 0 Å². The van der Waals surface area contributed by atoms with Crippen molar-refractivity contribution >= 4 is 5.91 Å². The van der Waals surface area contributed by atoms with Crippen molar-refractivity contribution < 1.29 is 18.3 Å². The minimum absolute atomic E-state index is 0.0486. The Hall–Kier alpha value is -2.43. The molecule has 134 valence electrons. The summed E-state index contributed by atoms with van der Waals surface area (Å²) in [5, 5.41) is 0. The highest BCUT2D eigenvalue weighted by molar-refractivity contribution is 5.76. The van der Waals surface area contributed by atoms with Crippen molar-refractivity contribution in [3.63, 3.8) is 0 Å². The summed E-state index contributed by atoms with van der Waals surface area (Å²) in [5.74, 6) is 0.171. The van der Waals surface area contributed by atoms with Gasteiger partial charge in [0.25, 0.3) is 0 Å². The van der Waals surface area contributed by atoms with E-state index in [1.807, 2.05) is 12.1 Å². The maximum atomic E-state index is 12.3. The first-order valence-electron chi connectivity index (χ1n) is 8.33. The Morgan fingerprint density at radius 2 is 1.56 bits per heavy atom. The maximum absolute atomic E-state index is 12.3. The fourth-order valence-electron chi connectivity index (χ4n) is 2.52. The zero-order valence-electron chi connectivity index (χ0n) is 14.5. The molecule has 5 heteroatoms. The van der Waals surface area contributed by atoms with Crippen LogP contribution in [0, 0.1) is 0 Å². The van der Waals surface area contributed by atoms with E-state index >= 15 is 0 Å². The minimum atomic E-state index is -2.83. The number of hydrogen-bond acceptors (Lipinski definition) is 2. The van der Waals surface area contributed by atoms with E-state index in [0.29, 0.717) is 19.4 Å². The third-order valence-corrected chi connectivity index (χ3v) is 4.05. The van der Waals surface area contributed by atoms with Crippen LogP contribution in [0.4, 0.5) is 8.78 Å². The summed E-state index contributed by atoms with van der Waals surface area (Å²) in [6.45, 7) is -0.145. The van der Waals surface area contributed by atoms with Gasteiger partial charge in [0.05, 0.1) is 0 Å². The van der Waals surface area contributed by atoms with Crippen LogP contribution in [0.2, 0.25) is 0 Å². The molecule has 0 saturated carbocycles. The number of benzene rings is 2. The van der Waals surface area contributed by atoms with Crippen molar-refractivity contribution in [2.75, 3.05) is 7.05 Å². The molecule has 0 aliphatic rings. The summed E-state index contributed by atoms with van der Waals surface area (Å²) in [6.07, 6.45) is 1.93. The van der Waals surface area contributed by atoms with Gasteiger partial charge >= 0.3 is 6.61 Å². The Bertz CT molecular complexity index is 669. The summed E-state index contributed by atoms with van der Waals surface area (Å²) in [6, 6.07) is 14.6. The molecule has 0 atom stereocenters. The standard InChI is InChI=1S/C20H23F2NO2/c1-3-15-4-6-17(7-5-15)14-23(2)19(24)13-10-16-8-11-18(12-9-16)25-20(21)22/h4-9,11-12,20H,3,10,13-14H2,1-2H3. The number of carbonyl (C=O) groups is 1. The number of amides is 1. The fourth-order valence-corrected chi connectivity index (χ4v) is 2.52. The van der Waals surface area contributed by atoms with E-state index in [0.717, 1.165) is 17.5 Å². The van der Waals surface area contributed by atoms with Gasteiger partial charge in [-0.25, -0.2) is 0 Å². The molecule has 0 radical (unpaired) electrons. The third-order valence-electron chi connectivity index (χ3n) is 4.05. The Morgan fingerprint density at radius 1 is 1.00 bits per heavy atom. The average Bonchev–Trinajstić information content (AvgIpc) is 2.61. The van der Waals surface area contributed by atoms with Crippen LogP contribution in [0.15, 0.2) is 48.5 Å². The first-order chi connectivity index (χ1) is 12.0. The lowest BCUT2D eigenvalue weighted by Gasteiger charge is -2.17. The number of halogens is 2. The van der Waals surface area contributed by atoms with Gasteiger partial charge in [-0.1, -0.05) is 43.3 Å². The smallest absolute Gasteiger partial charge is 0.387 e. The molecule has 2 aromatic carbocycles. The highest BCUT2D eigenvalue weighted by Gasteiger charge is 2.10. The SMILES string of the molecule is CCc1ccc(CN(C)C(=O)CCc2ccc(OC(F)F)cc2)cc1. The van der Waals surface area contributed by atoms with Crippen LogP contribution in [0.1, 0.15) is 30.0 Å². The highest BCUT2D eigenvalue weighted by atomic mass is 19.3. The number of rotatable bonds is 8. The third kappa shape index (κ3) is 6.18. The first-order valence-corrected chi connectivity index (χ1v) is 8.33. The quantitative estimate of drug-likeness (QED) is 0.706. The normalized spacial score (nSPS) is 10.8. The number of hydrogen-bond donors (Lipinski definition) is 0. The lowest BCUT2D eigenvalue weighted by atomic mass is 10.1. The van der Waals surface area contributed by atoms with E-state index in [1.165, 1.54) is 17.7 Å². The van der Waals surface area contributed by atoms with Crippen LogP contribution >= 0.6 is 0 Å². The number of ether oxygens (including phenoxy) is 1. The van der Waals surface area contributed by atoms with Gasteiger partial charge in [0.15, 0.2) is 0 Å².